The summed E-state index contributed by atoms with van der Waals surface area (Å²) in [6, 6.07) is 0. The van der Waals surface area contributed by atoms with Gasteiger partial charge in [-0.05, 0) is 39.5 Å². The molecule has 1 aliphatic heterocycles. The Morgan fingerprint density at radius 1 is 1.40 bits per heavy atom. The summed E-state index contributed by atoms with van der Waals surface area (Å²) < 4.78 is 11.9. The maximum Gasteiger partial charge on any atom is 0.193 e. The monoisotopic (exact) mass is 301 g/mol. The van der Waals surface area contributed by atoms with Crippen LogP contribution in [0.5, 0.6) is 0 Å². The van der Waals surface area contributed by atoms with Crippen LogP contribution in [0, 0.1) is 5.41 Å². The summed E-state index contributed by atoms with van der Waals surface area (Å²) in [4.78, 5) is 6.98. The largest absolute Gasteiger partial charge is 0.357 e. The summed E-state index contributed by atoms with van der Waals surface area (Å²) in [5.41, 5.74) is 0.365. The van der Waals surface area contributed by atoms with Crippen molar-refractivity contribution in [3.05, 3.63) is 0 Å². The molecule has 1 heterocycles. The zero-order chi connectivity index (χ0) is 15.4. The van der Waals surface area contributed by atoms with Crippen molar-refractivity contribution in [1.82, 2.24) is 10.2 Å². The SMILES string of the molecule is CCNC(=NCCS(=O)C(C)(C)C)N1CCC(C)(C)C1. The maximum atomic E-state index is 12.0. The second-order valence-corrected chi connectivity index (χ2v) is 9.56. The van der Waals surface area contributed by atoms with Crippen LogP contribution >= 0.6 is 0 Å². The third-order valence-corrected chi connectivity index (χ3v) is 5.45. The van der Waals surface area contributed by atoms with Crippen LogP contribution in [0.25, 0.3) is 0 Å². The Morgan fingerprint density at radius 3 is 2.50 bits per heavy atom. The fraction of sp³-hybridized carbons (Fsp3) is 0.933. The van der Waals surface area contributed by atoms with Gasteiger partial charge < -0.3 is 10.2 Å². The predicted octanol–water partition coefficient (Wildman–Crippen LogP) is 2.23. The van der Waals surface area contributed by atoms with E-state index < -0.39 is 10.8 Å². The van der Waals surface area contributed by atoms with Gasteiger partial charge in [0, 0.05) is 40.9 Å². The van der Waals surface area contributed by atoms with Crippen molar-refractivity contribution in [1.29, 1.82) is 0 Å². The highest BCUT2D eigenvalue weighted by Gasteiger charge is 2.30. The number of nitrogens with zero attached hydrogens (tertiary/aromatic N) is 2. The molecule has 1 atom stereocenters. The standard InChI is InChI=1S/C15H31N3OS/c1-7-16-13(18-10-8-15(5,6)12-18)17-9-11-20(19)14(2,3)4/h7-12H2,1-6H3,(H,16,17). The van der Waals surface area contributed by atoms with E-state index in [-0.39, 0.29) is 4.75 Å². The third-order valence-electron chi connectivity index (χ3n) is 3.53. The lowest BCUT2D eigenvalue weighted by molar-refractivity contribution is 0.370. The van der Waals surface area contributed by atoms with E-state index >= 15 is 0 Å². The number of rotatable bonds is 4. The Hall–Kier alpha value is -0.580. The molecule has 118 valence electrons. The van der Waals surface area contributed by atoms with Gasteiger partial charge in [-0.3, -0.25) is 9.20 Å². The maximum absolute atomic E-state index is 12.0. The van der Waals surface area contributed by atoms with E-state index in [2.05, 4.69) is 36.0 Å². The summed E-state index contributed by atoms with van der Waals surface area (Å²) >= 11 is 0. The molecule has 5 heteroatoms. The Morgan fingerprint density at radius 2 is 2.05 bits per heavy atom. The zero-order valence-corrected chi connectivity index (χ0v) is 14.8. The quantitative estimate of drug-likeness (QED) is 0.640. The third kappa shape index (κ3) is 5.43. The molecular weight excluding hydrogens is 270 g/mol. The predicted molar refractivity (Wildman–Crippen MR) is 88.7 cm³/mol. The first kappa shape index (κ1) is 17.5. The first-order valence-corrected chi connectivity index (χ1v) is 8.89. The fourth-order valence-electron chi connectivity index (χ4n) is 2.26. The average molecular weight is 302 g/mol. The van der Waals surface area contributed by atoms with Crippen LogP contribution in [0.15, 0.2) is 4.99 Å². The summed E-state index contributed by atoms with van der Waals surface area (Å²) in [6.45, 7) is 16.3. The number of guanidine groups is 1. The van der Waals surface area contributed by atoms with Gasteiger partial charge in [-0.1, -0.05) is 13.8 Å². The van der Waals surface area contributed by atoms with Crippen LogP contribution in [0.3, 0.4) is 0 Å². The Bertz CT molecular complexity index is 372. The van der Waals surface area contributed by atoms with E-state index in [0.717, 1.165) is 25.6 Å². The van der Waals surface area contributed by atoms with Gasteiger partial charge in [0.25, 0.3) is 0 Å². The van der Waals surface area contributed by atoms with Gasteiger partial charge in [-0.25, -0.2) is 0 Å². The van der Waals surface area contributed by atoms with Crippen molar-refractivity contribution in [2.45, 2.75) is 52.7 Å². The van der Waals surface area contributed by atoms with E-state index in [1.54, 1.807) is 0 Å². The molecular formula is C15H31N3OS. The van der Waals surface area contributed by atoms with Crippen molar-refractivity contribution < 1.29 is 4.21 Å². The van der Waals surface area contributed by atoms with Crippen LogP contribution in [0.1, 0.15) is 48.0 Å². The molecule has 1 N–H and O–H groups in total. The van der Waals surface area contributed by atoms with Gasteiger partial charge in [0.15, 0.2) is 5.96 Å². The smallest absolute Gasteiger partial charge is 0.193 e. The van der Waals surface area contributed by atoms with Gasteiger partial charge in [-0.2, -0.15) is 0 Å². The van der Waals surface area contributed by atoms with Crippen molar-refractivity contribution in [2.75, 3.05) is 31.9 Å². The molecule has 0 spiro atoms. The summed E-state index contributed by atoms with van der Waals surface area (Å²) in [6.07, 6.45) is 1.20. The van der Waals surface area contributed by atoms with Crippen LogP contribution in [0.2, 0.25) is 0 Å². The normalized spacial score (nSPS) is 21.1. The molecule has 0 radical (unpaired) electrons. The lowest BCUT2D eigenvalue weighted by atomic mass is 9.93. The molecule has 0 bridgehead atoms. The minimum absolute atomic E-state index is 0.149. The highest BCUT2D eigenvalue weighted by Crippen LogP contribution is 2.28. The topological polar surface area (TPSA) is 44.7 Å². The minimum Gasteiger partial charge on any atom is -0.357 e. The number of nitrogens with one attached hydrogen (secondary N) is 1. The molecule has 0 saturated carbocycles. The van der Waals surface area contributed by atoms with Crippen molar-refractivity contribution in [3.63, 3.8) is 0 Å². The first-order valence-electron chi connectivity index (χ1n) is 7.57. The number of hydrogen-bond donors (Lipinski definition) is 1. The lowest BCUT2D eigenvalue weighted by Gasteiger charge is -2.24. The van der Waals surface area contributed by atoms with Gasteiger partial charge in [0.2, 0.25) is 0 Å². The molecule has 1 rings (SSSR count). The highest BCUT2D eigenvalue weighted by atomic mass is 32.2. The number of hydrogen-bond acceptors (Lipinski definition) is 2. The number of aliphatic imine (C=N–C) groups is 1. The van der Waals surface area contributed by atoms with Crippen LogP contribution < -0.4 is 5.32 Å². The Kier molecular flexibility index (Phi) is 6.05. The zero-order valence-electron chi connectivity index (χ0n) is 14.0. The molecule has 1 aliphatic rings. The van der Waals surface area contributed by atoms with Crippen LogP contribution in [-0.4, -0.2) is 51.7 Å². The molecule has 0 aromatic carbocycles. The van der Waals surface area contributed by atoms with Crippen molar-refractivity contribution in [2.24, 2.45) is 10.4 Å². The van der Waals surface area contributed by atoms with Gasteiger partial charge in [0.1, 0.15) is 0 Å². The highest BCUT2D eigenvalue weighted by molar-refractivity contribution is 7.86. The van der Waals surface area contributed by atoms with E-state index in [1.807, 2.05) is 20.8 Å². The molecule has 20 heavy (non-hydrogen) atoms. The van der Waals surface area contributed by atoms with Crippen LogP contribution in [-0.2, 0) is 10.8 Å². The molecule has 1 unspecified atom stereocenters. The van der Waals surface area contributed by atoms with Crippen molar-refractivity contribution >= 4 is 16.8 Å². The molecule has 1 fully saturated rings. The molecule has 4 nitrogen and oxygen atoms in total. The van der Waals surface area contributed by atoms with E-state index in [4.69, 9.17) is 0 Å². The van der Waals surface area contributed by atoms with Crippen LogP contribution in [0.4, 0.5) is 0 Å². The fourth-order valence-corrected chi connectivity index (χ4v) is 3.13. The lowest BCUT2D eigenvalue weighted by Crippen LogP contribution is -2.41. The van der Waals surface area contributed by atoms with Crippen molar-refractivity contribution in [3.8, 4) is 0 Å². The number of likely N-dealkylation sites (tertiary alicyclic amines) is 1. The summed E-state index contributed by atoms with van der Waals surface area (Å²) in [5.74, 6) is 1.61. The molecule has 0 aliphatic carbocycles. The van der Waals surface area contributed by atoms with Gasteiger partial charge in [-0.15, -0.1) is 0 Å². The van der Waals surface area contributed by atoms with Gasteiger partial charge >= 0.3 is 0 Å². The molecule has 0 aromatic rings. The molecule has 1 saturated heterocycles. The second kappa shape index (κ2) is 6.92. The van der Waals surface area contributed by atoms with E-state index in [9.17, 15) is 4.21 Å². The summed E-state index contributed by atoms with van der Waals surface area (Å²) in [5, 5.41) is 3.35. The van der Waals surface area contributed by atoms with E-state index in [0.29, 0.717) is 17.7 Å². The molecule has 0 aromatic heterocycles. The second-order valence-electron chi connectivity index (χ2n) is 7.23. The minimum atomic E-state index is -0.828. The Balaban J connectivity index is 2.58. The molecule has 0 amide bonds. The van der Waals surface area contributed by atoms with E-state index in [1.165, 1.54) is 6.42 Å². The van der Waals surface area contributed by atoms with Gasteiger partial charge in [0.05, 0.1) is 6.54 Å². The Labute approximate surface area is 126 Å². The first-order chi connectivity index (χ1) is 9.15. The average Bonchev–Trinajstić information content (AvgIpc) is 2.67. The summed E-state index contributed by atoms with van der Waals surface area (Å²) in [7, 11) is -0.828.